The summed E-state index contributed by atoms with van der Waals surface area (Å²) in [5.41, 5.74) is -0.496. The van der Waals surface area contributed by atoms with E-state index in [-0.39, 0.29) is 10.3 Å². The Balaban J connectivity index is 2.41. The molecule has 1 saturated heterocycles. The SMILES string of the molecule is CC1(C)CCN(S(=O)(=O)c2ccc(O)c(C(=O)O)c2)C1. The average molecular weight is 299 g/mol. The summed E-state index contributed by atoms with van der Waals surface area (Å²) in [5, 5.41) is 18.4. The highest BCUT2D eigenvalue weighted by atomic mass is 32.2. The third-order valence-electron chi connectivity index (χ3n) is 3.48. The van der Waals surface area contributed by atoms with Crippen molar-refractivity contribution in [2.75, 3.05) is 13.1 Å². The summed E-state index contributed by atoms with van der Waals surface area (Å²) in [6.45, 7) is 4.79. The molecule has 1 aromatic carbocycles. The van der Waals surface area contributed by atoms with Gasteiger partial charge in [-0.15, -0.1) is 0 Å². The molecule has 2 N–H and O–H groups in total. The first-order valence-corrected chi connectivity index (χ1v) is 7.64. The van der Waals surface area contributed by atoms with Crippen molar-refractivity contribution in [1.82, 2.24) is 4.31 Å². The number of nitrogens with zero attached hydrogens (tertiary/aromatic N) is 1. The van der Waals surface area contributed by atoms with Gasteiger partial charge in [-0.05, 0) is 30.0 Å². The summed E-state index contributed by atoms with van der Waals surface area (Å²) in [6.07, 6.45) is 0.760. The lowest BCUT2D eigenvalue weighted by Gasteiger charge is -2.20. The van der Waals surface area contributed by atoms with E-state index < -0.39 is 27.3 Å². The number of sulfonamides is 1. The Bertz CT molecular complexity index is 651. The monoisotopic (exact) mass is 299 g/mol. The van der Waals surface area contributed by atoms with Crippen molar-refractivity contribution in [1.29, 1.82) is 0 Å². The molecule has 0 unspecified atom stereocenters. The van der Waals surface area contributed by atoms with Crippen LogP contribution in [-0.2, 0) is 10.0 Å². The molecule has 0 spiro atoms. The van der Waals surface area contributed by atoms with E-state index in [1.54, 1.807) is 0 Å². The molecule has 1 aliphatic heterocycles. The van der Waals surface area contributed by atoms with Crippen LogP contribution in [0.2, 0.25) is 0 Å². The van der Waals surface area contributed by atoms with Crippen LogP contribution in [0.3, 0.4) is 0 Å². The number of rotatable bonds is 3. The lowest BCUT2D eigenvalue weighted by Crippen LogP contribution is -2.30. The van der Waals surface area contributed by atoms with Gasteiger partial charge < -0.3 is 10.2 Å². The topological polar surface area (TPSA) is 94.9 Å². The number of aromatic carboxylic acids is 1. The molecule has 110 valence electrons. The van der Waals surface area contributed by atoms with E-state index in [2.05, 4.69) is 0 Å². The molecule has 2 rings (SSSR count). The number of aromatic hydroxyl groups is 1. The number of carbonyl (C=O) groups is 1. The summed E-state index contributed by atoms with van der Waals surface area (Å²) in [5.74, 6) is -1.81. The summed E-state index contributed by atoms with van der Waals surface area (Å²) in [4.78, 5) is 10.9. The van der Waals surface area contributed by atoms with E-state index >= 15 is 0 Å². The van der Waals surface area contributed by atoms with Gasteiger partial charge in [-0.1, -0.05) is 13.8 Å². The quantitative estimate of drug-likeness (QED) is 0.882. The largest absolute Gasteiger partial charge is 0.507 e. The Morgan fingerprint density at radius 1 is 1.35 bits per heavy atom. The molecular weight excluding hydrogens is 282 g/mol. The van der Waals surface area contributed by atoms with Gasteiger partial charge in [-0.3, -0.25) is 0 Å². The Kier molecular flexibility index (Phi) is 3.51. The van der Waals surface area contributed by atoms with Crippen LogP contribution in [0, 0.1) is 5.41 Å². The summed E-state index contributed by atoms with van der Waals surface area (Å²) in [6, 6.07) is 3.32. The molecule has 6 nitrogen and oxygen atoms in total. The predicted octanol–water partition coefficient (Wildman–Crippen LogP) is 1.51. The van der Waals surface area contributed by atoms with Crippen LogP contribution in [0.25, 0.3) is 0 Å². The number of hydrogen-bond donors (Lipinski definition) is 2. The average Bonchev–Trinajstić information content (AvgIpc) is 2.70. The van der Waals surface area contributed by atoms with Crippen molar-refractivity contribution < 1.29 is 23.4 Å². The number of benzene rings is 1. The standard InChI is InChI=1S/C13H17NO5S/c1-13(2)5-6-14(8-13)20(18,19)9-3-4-11(15)10(7-9)12(16)17/h3-4,7,15H,5-6,8H2,1-2H3,(H,16,17). The zero-order chi connectivity index (χ0) is 15.1. The van der Waals surface area contributed by atoms with Crippen molar-refractivity contribution >= 4 is 16.0 Å². The first-order valence-electron chi connectivity index (χ1n) is 6.20. The minimum Gasteiger partial charge on any atom is -0.507 e. The van der Waals surface area contributed by atoms with Crippen molar-refractivity contribution in [3.8, 4) is 5.75 Å². The van der Waals surface area contributed by atoms with Crippen LogP contribution >= 0.6 is 0 Å². The molecule has 0 saturated carbocycles. The lowest BCUT2D eigenvalue weighted by molar-refractivity contribution is 0.0693. The Morgan fingerprint density at radius 3 is 2.50 bits per heavy atom. The molecule has 1 aliphatic rings. The van der Waals surface area contributed by atoms with Gasteiger partial charge in [0.25, 0.3) is 0 Å². The highest BCUT2D eigenvalue weighted by Gasteiger charge is 2.37. The number of carboxylic acids is 1. The van der Waals surface area contributed by atoms with E-state index in [1.165, 1.54) is 10.4 Å². The van der Waals surface area contributed by atoms with Crippen molar-refractivity contribution in [3.05, 3.63) is 23.8 Å². The van der Waals surface area contributed by atoms with Gasteiger partial charge in [0, 0.05) is 13.1 Å². The van der Waals surface area contributed by atoms with Gasteiger partial charge in [-0.2, -0.15) is 4.31 Å². The molecule has 0 bridgehead atoms. The first kappa shape index (κ1) is 14.8. The molecular formula is C13H17NO5S. The molecule has 0 aliphatic carbocycles. The fourth-order valence-corrected chi connectivity index (χ4v) is 3.92. The Morgan fingerprint density at radius 2 is 2.00 bits per heavy atom. The van der Waals surface area contributed by atoms with Crippen LogP contribution in [0.1, 0.15) is 30.6 Å². The maximum absolute atomic E-state index is 12.5. The first-order chi connectivity index (χ1) is 9.13. The third-order valence-corrected chi connectivity index (χ3v) is 5.32. The summed E-state index contributed by atoms with van der Waals surface area (Å²) < 4.78 is 26.3. The Labute approximate surface area is 117 Å². The maximum atomic E-state index is 12.5. The summed E-state index contributed by atoms with van der Waals surface area (Å²) >= 11 is 0. The number of carboxylic acid groups (broad SMARTS) is 1. The van der Waals surface area contributed by atoms with Crippen molar-refractivity contribution in [2.24, 2.45) is 5.41 Å². The Hall–Kier alpha value is -1.60. The van der Waals surface area contributed by atoms with Gasteiger partial charge >= 0.3 is 5.97 Å². The van der Waals surface area contributed by atoms with Gasteiger partial charge in [0.15, 0.2) is 0 Å². The highest BCUT2D eigenvalue weighted by Crippen LogP contribution is 2.33. The van der Waals surface area contributed by atoms with Crippen LogP contribution < -0.4 is 0 Å². The molecule has 1 aromatic rings. The molecule has 0 aromatic heterocycles. The van der Waals surface area contributed by atoms with Crippen LogP contribution in [0.4, 0.5) is 0 Å². The van der Waals surface area contributed by atoms with Crippen molar-refractivity contribution in [3.63, 3.8) is 0 Å². The molecule has 0 atom stereocenters. The van der Waals surface area contributed by atoms with Gasteiger partial charge in [-0.25, -0.2) is 13.2 Å². The predicted molar refractivity (Wildman–Crippen MR) is 72.2 cm³/mol. The minimum absolute atomic E-state index is 0.0837. The second-order valence-electron chi connectivity index (χ2n) is 5.74. The lowest BCUT2D eigenvalue weighted by atomic mass is 9.93. The van der Waals surface area contributed by atoms with E-state index in [4.69, 9.17) is 5.11 Å². The number of hydrogen-bond acceptors (Lipinski definition) is 4. The third kappa shape index (κ3) is 2.64. The van der Waals surface area contributed by atoms with Gasteiger partial charge in [0.05, 0.1) is 4.90 Å². The second-order valence-corrected chi connectivity index (χ2v) is 7.67. The van der Waals surface area contributed by atoms with E-state index in [1.807, 2.05) is 13.8 Å². The fraction of sp³-hybridized carbons (Fsp3) is 0.462. The molecule has 1 heterocycles. The fourth-order valence-electron chi connectivity index (χ4n) is 2.26. The van der Waals surface area contributed by atoms with Crippen LogP contribution in [0.5, 0.6) is 5.75 Å². The van der Waals surface area contributed by atoms with Crippen molar-refractivity contribution in [2.45, 2.75) is 25.2 Å². The normalized spacial score (nSPS) is 19.1. The van der Waals surface area contributed by atoms with Crippen LogP contribution in [-0.4, -0.2) is 42.0 Å². The minimum atomic E-state index is -3.72. The smallest absolute Gasteiger partial charge is 0.339 e. The van der Waals surface area contributed by atoms with E-state index in [0.29, 0.717) is 13.1 Å². The zero-order valence-electron chi connectivity index (χ0n) is 11.3. The highest BCUT2D eigenvalue weighted by molar-refractivity contribution is 7.89. The van der Waals surface area contributed by atoms with Gasteiger partial charge in [0.1, 0.15) is 11.3 Å². The molecule has 0 radical (unpaired) electrons. The molecule has 7 heteroatoms. The van der Waals surface area contributed by atoms with E-state index in [9.17, 15) is 18.3 Å². The van der Waals surface area contributed by atoms with Gasteiger partial charge in [0.2, 0.25) is 10.0 Å². The molecule has 0 amide bonds. The van der Waals surface area contributed by atoms with Crippen LogP contribution in [0.15, 0.2) is 23.1 Å². The maximum Gasteiger partial charge on any atom is 0.339 e. The van der Waals surface area contributed by atoms with E-state index in [0.717, 1.165) is 18.6 Å². The second kappa shape index (κ2) is 4.75. The molecule has 20 heavy (non-hydrogen) atoms. The molecule has 1 fully saturated rings. The summed E-state index contributed by atoms with van der Waals surface area (Å²) in [7, 11) is -3.72. The zero-order valence-corrected chi connectivity index (χ0v) is 12.1. The number of phenols is 1.